The highest BCUT2D eigenvalue weighted by molar-refractivity contribution is 6.03. The zero-order chi connectivity index (χ0) is 16.5. The molecular weight excluding hydrogens is 304 g/mol. The average Bonchev–Trinajstić information content (AvgIpc) is 3.33. The first-order valence-corrected chi connectivity index (χ1v) is 8.51. The van der Waals surface area contributed by atoms with Gasteiger partial charge in [0.25, 0.3) is 5.91 Å². The van der Waals surface area contributed by atoms with E-state index in [1.807, 2.05) is 23.1 Å². The summed E-state index contributed by atoms with van der Waals surface area (Å²) in [5.74, 6) is 0.471. The minimum Gasteiger partial charge on any atom is -0.459 e. The number of nitrogens with one attached hydrogen (secondary N) is 1. The number of anilines is 2. The number of carbonyl (C=O) groups excluding carboxylic acids is 2. The highest BCUT2D eigenvalue weighted by Crippen LogP contribution is 2.34. The third kappa shape index (κ3) is 2.70. The summed E-state index contributed by atoms with van der Waals surface area (Å²) < 4.78 is 5.10. The normalized spacial score (nSPS) is 17.1. The molecule has 2 aromatic rings. The topological polar surface area (TPSA) is 62.6 Å². The summed E-state index contributed by atoms with van der Waals surface area (Å²) in [6.07, 6.45) is 6.66. The number of hydrogen-bond donors (Lipinski definition) is 1. The minimum atomic E-state index is -0.267. The van der Waals surface area contributed by atoms with Gasteiger partial charge in [-0.3, -0.25) is 9.59 Å². The molecule has 2 aliphatic rings. The lowest BCUT2D eigenvalue weighted by Crippen LogP contribution is -2.33. The molecule has 0 radical (unpaired) electrons. The molecule has 5 nitrogen and oxygen atoms in total. The Bertz CT molecular complexity index is 761. The van der Waals surface area contributed by atoms with Crippen LogP contribution in [0.25, 0.3) is 0 Å². The fraction of sp³-hybridized carbons (Fsp3) is 0.368. The van der Waals surface area contributed by atoms with Crippen LogP contribution in [0.5, 0.6) is 0 Å². The number of furan rings is 1. The first-order valence-electron chi connectivity index (χ1n) is 8.51. The highest BCUT2D eigenvalue weighted by Gasteiger charge is 2.31. The maximum Gasteiger partial charge on any atom is 0.291 e. The van der Waals surface area contributed by atoms with Gasteiger partial charge in [0.05, 0.1) is 6.26 Å². The van der Waals surface area contributed by atoms with Gasteiger partial charge in [-0.25, -0.2) is 0 Å². The summed E-state index contributed by atoms with van der Waals surface area (Å²) in [4.78, 5) is 26.6. The molecule has 1 saturated carbocycles. The quantitative estimate of drug-likeness (QED) is 0.938. The third-order valence-electron chi connectivity index (χ3n) is 4.95. The maximum atomic E-state index is 12.7. The molecule has 24 heavy (non-hydrogen) atoms. The van der Waals surface area contributed by atoms with Gasteiger partial charge in [-0.05, 0) is 55.2 Å². The highest BCUT2D eigenvalue weighted by atomic mass is 16.3. The molecule has 5 heteroatoms. The molecule has 0 bridgehead atoms. The van der Waals surface area contributed by atoms with Gasteiger partial charge in [0, 0.05) is 23.8 Å². The lowest BCUT2D eigenvalue weighted by atomic mass is 10.1. The van der Waals surface area contributed by atoms with E-state index in [9.17, 15) is 9.59 Å². The van der Waals surface area contributed by atoms with Gasteiger partial charge in [0.2, 0.25) is 5.91 Å². The average molecular weight is 324 g/mol. The Labute approximate surface area is 140 Å². The molecular formula is C19H20N2O3. The molecule has 1 aliphatic carbocycles. The SMILES string of the molecule is O=C(Nc1ccc2c(c1)CCN2C(=O)C1CCCC1)c1ccco1. The Hall–Kier alpha value is -2.56. The summed E-state index contributed by atoms with van der Waals surface area (Å²) in [6, 6.07) is 9.06. The van der Waals surface area contributed by atoms with Crippen molar-refractivity contribution in [2.24, 2.45) is 5.92 Å². The molecule has 0 unspecified atom stereocenters. The number of amides is 2. The molecule has 124 valence electrons. The second-order valence-electron chi connectivity index (χ2n) is 6.50. The fourth-order valence-corrected chi connectivity index (χ4v) is 3.70. The van der Waals surface area contributed by atoms with Crippen LogP contribution in [0.4, 0.5) is 11.4 Å². The third-order valence-corrected chi connectivity index (χ3v) is 4.95. The van der Waals surface area contributed by atoms with E-state index in [4.69, 9.17) is 4.42 Å². The van der Waals surface area contributed by atoms with Crippen LogP contribution >= 0.6 is 0 Å². The van der Waals surface area contributed by atoms with Crippen LogP contribution in [0.3, 0.4) is 0 Å². The molecule has 4 rings (SSSR count). The molecule has 0 saturated heterocycles. The predicted molar refractivity (Wildman–Crippen MR) is 91.1 cm³/mol. The molecule has 2 amide bonds. The van der Waals surface area contributed by atoms with Crippen LogP contribution < -0.4 is 10.2 Å². The number of fused-ring (bicyclic) bond motifs is 1. The van der Waals surface area contributed by atoms with Gasteiger partial charge >= 0.3 is 0 Å². The monoisotopic (exact) mass is 324 g/mol. The Kier molecular flexibility index (Phi) is 3.84. The Morgan fingerprint density at radius 2 is 2.00 bits per heavy atom. The van der Waals surface area contributed by atoms with Crippen molar-refractivity contribution in [3.05, 3.63) is 47.9 Å². The number of carbonyl (C=O) groups is 2. The van der Waals surface area contributed by atoms with Crippen molar-refractivity contribution in [1.29, 1.82) is 0 Å². The molecule has 0 spiro atoms. The molecule has 1 aromatic carbocycles. The zero-order valence-corrected chi connectivity index (χ0v) is 13.5. The van der Waals surface area contributed by atoms with Crippen LogP contribution in [-0.2, 0) is 11.2 Å². The van der Waals surface area contributed by atoms with E-state index in [2.05, 4.69) is 5.32 Å². The van der Waals surface area contributed by atoms with Gasteiger partial charge in [0.15, 0.2) is 5.76 Å². The van der Waals surface area contributed by atoms with Crippen molar-refractivity contribution in [2.45, 2.75) is 32.1 Å². The fourth-order valence-electron chi connectivity index (χ4n) is 3.70. The number of benzene rings is 1. The maximum absolute atomic E-state index is 12.7. The molecule has 1 N–H and O–H groups in total. The first kappa shape index (κ1) is 15.0. The van der Waals surface area contributed by atoms with Crippen molar-refractivity contribution in [3.63, 3.8) is 0 Å². The van der Waals surface area contributed by atoms with Crippen LogP contribution in [0.15, 0.2) is 41.0 Å². The lowest BCUT2D eigenvalue weighted by Gasteiger charge is -2.21. The number of hydrogen-bond acceptors (Lipinski definition) is 3. The summed E-state index contributed by atoms with van der Waals surface area (Å²) >= 11 is 0. The smallest absolute Gasteiger partial charge is 0.291 e. The molecule has 1 fully saturated rings. The molecule has 1 aliphatic heterocycles. The van der Waals surface area contributed by atoms with Crippen LogP contribution in [0, 0.1) is 5.92 Å². The lowest BCUT2D eigenvalue weighted by molar-refractivity contribution is -0.122. The summed E-state index contributed by atoms with van der Waals surface area (Å²) in [7, 11) is 0. The summed E-state index contributed by atoms with van der Waals surface area (Å²) in [6.45, 7) is 0.736. The van der Waals surface area contributed by atoms with E-state index in [1.165, 1.54) is 6.26 Å². The van der Waals surface area contributed by atoms with Crippen molar-refractivity contribution < 1.29 is 14.0 Å². The van der Waals surface area contributed by atoms with E-state index in [1.54, 1.807) is 12.1 Å². The van der Waals surface area contributed by atoms with Crippen molar-refractivity contribution >= 4 is 23.2 Å². The van der Waals surface area contributed by atoms with Gasteiger partial charge in [-0.1, -0.05) is 12.8 Å². The van der Waals surface area contributed by atoms with Gasteiger partial charge < -0.3 is 14.6 Å². The zero-order valence-electron chi connectivity index (χ0n) is 13.5. The Balaban J connectivity index is 1.50. The predicted octanol–water partition coefficient (Wildman–Crippen LogP) is 3.61. The van der Waals surface area contributed by atoms with Crippen LogP contribution in [-0.4, -0.2) is 18.4 Å². The summed E-state index contributed by atoms with van der Waals surface area (Å²) in [5.41, 5.74) is 2.83. The van der Waals surface area contributed by atoms with Crippen molar-refractivity contribution in [2.75, 3.05) is 16.8 Å². The molecule has 2 heterocycles. The van der Waals surface area contributed by atoms with Crippen molar-refractivity contribution in [3.8, 4) is 0 Å². The second-order valence-corrected chi connectivity index (χ2v) is 6.50. The number of nitrogens with zero attached hydrogens (tertiary/aromatic N) is 1. The van der Waals surface area contributed by atoms with E-state index < -0.39 is 0 Å². The van der Waals surface area contributed by atoms with E-state index in [0.29, 0.717) is 0 Å². The van der Waals surface area contributed by atoms with Crippen molar-refractivity contribution in [1.82, 2.24) is 0 Å². The molecule has 0 atom stereocenters. The van der Waals surface area contributed by atoms with Gasteiger partial charge in [-0.15, -0.1) is 0 Å². The largest absolute Gasteiger partial charge is 0.459 e. The second kappa shape index (κ2) is 6.15. The Morgan fingerprint density at radius 3 is 2.75 bits per heavy atom. The van der Waals surface area contributed by atoms with E-state index >= 15 is 0 Å². The van der Waals surface area contributed by atoms with Crippen LogP contribution in [0.1, 0.15) is 41.8 Å². The van der Waals surface area contributed by atoms with Gasteiger partial charge in [0.1, 0.15) is 0 Å². The first-order chi connectivity index (χ1) is 11.7. The van der Waals surface area contributed by atoms with Gasteiger partial charge in [-0.2, -0.15) is 0 Å². The number of rotatable bonds is 3. The van der Waals surface area contributed by atoms with E-state index in [0.717, 1.165) is 55.6 Å². The molecule has 1 aromatic heterocycles. The standard InChI is InChI=1S/C19H20N2O3/c22-18(17-6-3-11-24-17)20-15-7-8-16-14(12-15)9-10-21(16)19(23)13-4-1-2-5-13/h3,6-8,11-13H,1-2,4-5,9-10H2,(H,20,22). The summed E-state index contributed by atoms with van der Waals surface area (Å²) in [5, 5.41) is 2.84. The van der Waals surface area contributed by atoms with E-state index in [-0.39, 0.29) is 23.5 Å². The van der Waals surface area contributed by atoms with Crippen LogP contribution in [0.2, 0.25) is 0 Å². The Morgan fingerprint density at radius 1 is 1.17 bits per heavy atom. The minimum absolute atomic E-state index is 0.189.